The van der Waals surface area contributed by atoms with E-state index in [-0.39, 0.29) is 18.8 Å². The third kappa shape index (κ3) is 4.99. The van der Waals surface area contributed by atoms with Crippen LogP contribution >= 0.6 is 0 Å². The highest BCUT2D eigenvalue weighted by atomic mass is 19.4. The number of alkyl halides is 3. The number of nitrogens with one attached hydrogen (secondary N) is 1. The van der Waals surface area contributed by atoms with Gasteiger partial charge in [0, 0.05) is 6.54 Å². The number of likely N-dealkylation sites (tertiary alicyclic amines) is 1. The lowest BCUT2D eigenvalue weighted by molar-refractivity contribution is -0.185. The smallest absolute Gasteiger partial charge is 0.391 e. The van der Waals surface area contributed by atoms with E-state index < -0.39 is 18.1 Å². The second-order valence-corrected chi connectivity index (χ2v) is 4.81. The predicted octanol–water partition coefficient (Wildman–Crippen LogP) is 1.41. The maximum Gasteiger partial charge on any atom is 0.391 e. The summed E-state index contributed by atoms with van der Waals surface area (Å²) in [6.45, 7) is 1.47. The van der Waals surface area contributed by atoms with Gasteiger partial charge in [0.1, 0.15) is 6.04 Å². The van der Waals surface area contributed by atoms with Crippen LogP contribution in [0.3, 0.4) is 0 Å². The second-order valence-electron chi connectivity index (χ2n) is 4.81. The Bertz CT molecular complexity index is 289. The SMILES string of the molecule is CNC(CCN1CCC(C(F)(F)F)CC1)C(=O)OC. The number of carbonyl (C=O) groups excluding carboxylic acids is 1. The number of rotatable bonds is 5. The molecule has 19 heavy (non-hydrogen) atoms. The van der Waals surface area contributed by atoms with E-state index >= 15 is 0 Å². The summed E-state index contributed by atoms with van der Waals surface area (Å²) < 4.78 is 42.1. The van der Waals surface area contributed by atoms with Crippen LogP contribution in [0.4, 0.5) is 13.2 Å². The highest BCUT2D eigenvalue weighted by molar-refractivity contribution is 5.75. The Hall–Kier alpha value is -0.820. The molecule has 1 fully saturated rings. The predicted molar refractivity (Wildman–Crippen MR) is 64.7 cm³/mol. The van der Waals surface area contributed by atoms with E-state index in [0.29, 0.717) is 26.1 Å². The van der Waals surface area contributed by atoms with Gasteiger partial charge in [0.2, 0.25) is 0 Å². The van der Waals surface area contributed by atoms with Crippen molar-refractivity contribution in [2.24, 2.45) is 5.92 Å². The average Bonchev–Trinajstić information content (AvgIpc) is 2.38. The van der Waals surface area contributed by atoms with Crippen molar-refractivity contribution in [2.45, 2.75) is 31.5 Å². The Morgan fingerprint density at radius 1 is 1.42 bits per heavy atom. The quantitative estimate of drug-likeness (QED) is 0.774. The third-order valence-electron chi connectivity index (χ3n) is 3.62. The molecular weight excluding hydrogens is 261 g/mol. The standard InChI is InChI=1S/C12H21F3N2O2/c1-16-10(11(18)19-2)5-8-17-6-3-9(4-7-17)12(13,14)15/h9-10,16H,3-8H2,1-2H3. The van der Waals surface area contributed by atoms with Gasteiger partial charge in [0.15, 0.2) is 0 Å². The van der Waals surface area contributed by atoms with Crippen LogP contribution in [0.15, 0.2) is 0 Å². The molecule has 0 spiro atoms. The van der Waals surface area contributed by atoms with Crippen LogP contribution < -0.4 is 5.32 Å². The summed E-state index contributed by atoms with van der Waals surface area (Å²) in [5.41, 5.74) is 0. The van der Waals surface area contributed by atoms with E-state index in [1.165, 1.54) is 7.11 Å². The normalized spacial score (nSPS) is 20.3. The number of esters is 1. The topological polar surface area (TPSA) is 41.6 Å². The number of piperidine rings is 1. The van der Waals surface area contributed by atoms with E-state index in [1.54, 1.807) is 7.05 Å². The molecule has 112 valence electrons. The molecule has 1 aliphatic heterocycles. The number of halogens is 3. The highest BCUT2D eigenvalue weighted by Gasteiger charge is 2.40. The van der Waals surface area contributed by atoms with Crippen LogP contribution in [0, 0.1) is 5.92 Å². The maximum atomic E-state index is 12.5. The van der Waals surface area contributed by atoms with Gasteiger partial charge < -0.3 is 15.0 Å². The van der Waals surface area contributed by atoms with Gasteiger partial charge in [-0.05, 0) is 39.4 Å². The molecule has 0 aliphatic carbocycles. The summed E-state index contributed by atoms with van der Waals surface area (Å²) in [5.74, 6) is -1.52. The molecule has 0 bridgehead atoms. The minimum atomic E-state index is -4.08. The number of hydrogen-bond donors (Lipinski definition) is 1. The Labute approximate surface area is 111 Å². The Morgan fingerprint density at radius 2 is 2.00 bits per heavy atom. The van der Waals surface area contributed by atoms with Crippen molar-refractivity contribution in [1.29, 1.82) is 0 Å². The van der Waals surface area contributed by atoms with Crippen LogP contribution in [0.5, 0.6) is 0 Å². The van der Waals surface area contributed by atoms with Gasteiger partial charge in [-0.3, -0.25) is 4.79 Å². The van der Waals surface area contributed by atoms with Gasteiger partial charge in [0.25, 0.3) is 0 Å². The fraction of sp³-hybridized carbons (Fsp3) is 0.917. The van der Waals surface area contributed by atoms with Crippen LogP contribution in [0.25, 0.3) is 0 Å². The third-order valence-corrected chi connectivity index (χ3v) is 3.62. The molecule has 0 saturated carbocycles. The minimum absolute atomic E-state index is 0.145. The molecule has 1 heterocycles. The van der Waals surface area contributed by atoms with Gasteiger partial charge in [-0.1, -0.05) is 0 Å². The minimum Gasteiger partial charge on any atom is -0.468 e. The summed E-state index contributed by atoms with van der Waals surface area (Å²) in [7, 11) is 2.99. The maximum absolute atomic E-state index is 12.5. The number of likely N-dealkylation sites (N-methyl/N-ethyl adjacent to an activating group) is 1. The molecule has 1 unspecified atom stereocenters. The summed E-state index contributed by atoms with van der Waals surface area (Å²) in [6, 6.07) is -0.398. The van der Waals surface area contributed by atoms with E-state index in [2.05, 4.69) is 10.1 Å². The highest BCUT2D eigenvalue weighted by Crippen LogP contribution is 2.34. The van der Waals surface area contributed by atoms with E-state index in [4.69, 9.17) is 0 Å². The molecule has 1 saturated heterocycles. The number of ether oxygens (including phenoxy) is 1. The van der Waals surface area contributed by atoms with Crippen molar-refractivity contribution in [3.05, 3.63) is 0 Å². The Balaban J connectivity index is 2.31. The molecule has 0 aromatic carbocycles. The summed E-state index contributed by atoms with van der Waals surface area (Å²) in [6.07, 6.45) is -3.25. The molecule has 1 N–H and O–H groups in total. The first-order valence-electron chi connectivity index (χ1n) is 6.42. The fourth-order valence-electron chi connectivity index (χ4n) is 2.32. The lowest BCUT2D eigenvalue weighted by Gasteiger charge is -2.33. The molecular formula is C12H21F3N2O2. The van der Waals surface area contributed by atoms with Crippen molar-refractivity contribution >= 4 is 5.97 Å². The second kappa shape index (κ2) is 7.09. The molecule has 0 amide bonds. The van der Waals surface area contributed by atoms with Crippen molar-refractivity contribution in [3.63, 3.8) is 0 Å². The lowest BCUT2D eigenvalue weighted by Crippen LogP contribution is -2.42. The summed E-state index contributed by atoms with van der Waals surface area (Å²) >= 11 is 0. The first-order valence-corrected chi connectivity index (χ1v) is 6.42. The number of hydrogen-bond acceptors (Lipinski definition) is 4. The van der Waals surface area contributed by atoms with Crippen molar-refractivity contribution in [3.8, 4) is 0 Å². The van der Waals surface area contributed by atoms with Crippen LogP contribution in [-0.2, 0) is 9.53 Å². The first-order chi connectivity index (χ1) is 8.88. The summed E-state index contributed by atoms with van der Waals surface area (Å²) in [5, 5.41) is 2.84. The molecule has 4 nitrogen and oxygen atoms in total. The number of carbonyl (C=O) groups is 1. The van der Waals surface area contributed by atoms with Crippen LogP contribution in [0.2, 0.25) is 0 Å². The zero-order valence-corrected chi connectivity index (χ0v) is 11.3. The molecule has 1 atom stereocenters. The fourth-order valence-corrected chi connectivity index (χ4v) is 2.32. The Morgan fingerprint density at radius 3 is 2.42 bits per heavy atom. The zero-order chi connectivity index (χ0) is 14.5. The van der Waals surface area contributed by atoms with E-state index in [0.717, 1.165) is 0 Å². The molecule has 0 radical (unpaired) electrons. The summed E-state index contributed by atoms with van der Waals surface area (Å²) in [4.78, 5) is 13.3. The Kier molecular flexibility index (Phi) is 6.06. The first kappa shape index (κ1) is 16.2. The monoisotopic (exact) mass is 282 g/mol. The van der Waals surface area contributed by atoms with Gasteiger partial charge in [-0.25, -0.2) is 0 Å². The van der Waals surface area contributed by atoms with Gasteiger partial charge in [-0.2, -0.15) is 13.2 Å². The van der Waals surface area contributed by atoms with E-state index in [9.17, 15) is 18.0 Å². The van der Waals surface area contributed by atoms with Gasteiger partial charge in [0.05, 0.1) is 13.0 Å². The van der Waals surface area contributed by atoms with E-state index in [1.807, 2.05) is 4.90 Å². The zero-order valence-electron chi connectivity index (χ0n) is 11.3. The van der Waals surface area contributed by atoms with Crippen molar-refractivity contribution in [1.82, 2.24) is 10.2 Å². The average molecular weight is 282 g/mol. The van der Waals surface area contributed by atoms with Crippen molar-refractivity contribution in [2.75, 3.05) is 33.8 Å². The molecule has 0 aromatic heterocycles. The van der Waals surface area contributed by atoms with Crippen LogP contribution in [-0.4, -0.2) is 56.9 Å². The lowest BCUT2D eigenvalue weighted by atomic mass is 9.96. The van der Waals surface area contributed by atoms with Crippen molar-refractivity contribution < 1.29 is 22.7 Å². The number of nitrogens with zero attached hydrogens (tertiary/aromatic N) is 1. The molecule has 7 heteroatoms. The molecule has 1 rings (SSSR count). The largest absolute Gasteiger partial charge is 0.468 e. The molecule has 0 aromatic rings. The number of methoxy groups -OCH3 is 1. The van der Waals surface area contributed by atoms with Gasteiger partial charge in [-0.15, -0.1) is 0 Å². The molecule has 1 aliphatic rings. The van der Waals surface area contributed by atoms with Gasteiger partial charge >= 0.3 is 12.1 Å². The van der Waals surface area contributed by atoms with Crippen LogP contribution in [0.1, 0.15) is 19.3 Å².